The molecule has 5 aromatic rings. The van der Waals surface area contributed by atoms with Crippen molar-refractivity contribution in [1.82, 2.24) is 15.0 Å². The van der Waals surface area contributed by atoms with Gasteiger partial charge in [0.05, 0.1) is 17.4 Å². The van der Waals surface area contributed by atoms with E-state index in [9.17, 15) is 4.79 Å². The summed E-state index contributed by atoms with van der Waals surface area (Å²) in [7, 11) is 0. The smallest absolute Gasteiger partial charge is 0.256 e. The monoisotopic (exact) mass is 515 g/mol. The Morgan fingerprint density at radius 3 is 2.46 bits per heavy atom. The van der Waals surface area contributed by atoms with E-state index >= 15 is 0 Å². The van der Waals surface area contributed by atoms with Crippen molar-refractivity contribution in [2.24, 2.45) is 0 Å². The molecule has 0 atom stereocenters. The van der Waals surface area contributed by atoms with E-state index < -0.39 is 0 Å². The van der Waals surface area contributed by atoms with E-state index in [0.717, 1.165) is 58.1 Å². The van der Waals surface area contributed by atoms with Gasteiger partial charge in [-0.2, -0.15) is 0 Å². The minimum Gasteiger partial charge on any atom is -0.371 e. The van der Waals surface area contributed by atoms with Crippen LogP contribution < -0.4 is 20.9 Å². The van der Waals surface area contributed by atoms with Gasteiger partial charge in [-0.25, -0.2) is 4.98 Å². The molecule has 0 unspecified atom stereocenters. The van der Waals surface area contributed by atoms with Gasteiger partial charge in [-0.05, 0) is 87.0 Å². The van der Waals surface area contributed by atoms with E-state index in [2.05, 4.69) is 49.0 Å². The Morgan fingerprint density at radius 1 is 0.821 bits per heavy atom. The number of aryl methyl sites for hydroxylation is 2. The largest absolute Gasteiger partial charge is 0.371 e. The summed E-state index contributed by atoms with van der Waals surface area (Å²) in [5.74, 6) is 0.247. The molecule has 3 N–H and O–H groups in total. The summed E-state index contributed by atoms with van der Waals surface area (Å²) in [4.78, 5) is 28.7. The van der Waals surface area contributed by atoms with Gasteiger partial charge < -0.3 is 20.9 Å². The Labute approximate surface area is 227 Å². The molecule has 0 saturated carbocycles. The maximum absolute atomic E-state index is 13.0. The second kappa shape index (κ2) is 10.4. The zero-order valence-electron chi connectivity index (χ0n) is 21.9. The highest BCUT2D eigenvalue weighted by molar-refractivity contribution is 6.04. The molecule has 1 amide bonds. The number of rotatable bonds is 7. The molecule has 6 rings (SSSR count). The van der Waals surface area contributed by atoms with Crippen molar-refractivity contribution in [2.75, 3.05) is 33.9 Å². The van der Waals surface area contributed by atoms with Crippen molar-refractivity contribution in [1.29, 1.82) is 0 Å². The maximum atomic E-state index is 13.0. The SMILES string of the molecule is Cc1cc(Nc2ccc(NC(=O)c3cccc(Nc4cc(C)nc5ccc(N6CCC6)cc45)c3)nc2)ccn1. The summed E-state index contributed by atoms with van der Waals surface area (Å²) < 4.78 is 0. The number of anilines is 6. The van der Waals surface area contributed by atoms with Crippen LogP contribution in [-0.2, 0) is 0 Å². The van der Waals surface area contributed by atoms with Crippen LogP contribution >= 0.6 is 0 Å². The Morgan fingerprint density at radius 2 is 1.69 bits per heavy atom. The fourth-order valence-corrected chi connectivity index (χ4v) is 4.63. The quantitative estimate of drug-likeness (QED) is 0.225. The molecular formula is C31H29N7O. The first-order valence-electron chi connectivity index (χ1n) is 13.0. The predicted molar refractivity (Wildman–Crippen MR) is 157 cm³/mol. The van der Waals surface area contributed by atoms with Crippen LogP contribution in [0.2, 0.25) is 0 Å². The summed E-state index contributed by atoms with van der Waals surface area (Å²) in [6, 6.07) is 23.4. The van der Waals surface area contributed by atoms with E-state index in [-0.39, 0.29) is 5.91 Å². The molecule has 4 heterocycles. The predicted octanol–water partition coefficient (Wildman–Crippen LogP) is 6.59. The zero-order valence-corrected chi connectivity index (χ0v) is 21.9. The van der Waals surface area contributed by atoms with Crippen molar-refractivity contribution in [3.05, 3.63) is 102 Å². The molecular weight excluding hydrogens is 486 g/mol. The van der Waals surface area contributed by atoms with Crippen LogP contribution in [0.25, 0.3) is 10.9 Å². The second-order valence-corrected chi connectivity index (χ2v) is 9.76. The molecule has 2 aromatic carbocycles. The lowest BCUT2D eigenvalue weighted by Gasteiger charge is -2.33. The van der Waals surface area contributed by atoms with Gasteiger partial charge in [0.2, 0.25) is 0 Å². The molecule has 1 aliphatic heterocycles. The fraction of sp³-hybridized carbons (Fsp3) is 0.161. The average molecular weight is 516 g/mol. The number of nitrogens with one attached hydrogen (secondary N) is 3. The Bertz CT molecular complexity index is 1660. The molecule has 39 heavy (non-hydrogen) atoms. The van der Waals surface area contributed by atoms with Crippen LogP contribution in [0.15, 0.2) is 85.2 Å². The first-order valence-corrected chi connectivity index (χ1v) is 13.0. The van der Waals surface area contributed by atoms with Crippen molar-refractivity contribution in [3.63, 3.8) is 0 Å². The number of fused-ring (bicyclic) bond motifs is 1. The first-order chi connectivity index (χ1) is 19.0. The zero-order chi connectivity index (χ0) is 26.8. The van der Waals surface area contributed by atoms with Crippen molar-refractivity contribution in [2.45, 2.75) is 20.3 Å². The number of nitrogens with zero attached hydrogens (tertiary/aromatic N) is 4. The third kappa shape index (κ3) is 5.50. The lowest BCUT2D eigenvalue weighted by atomic mass is 10.1. The molecule has 1 fully saturated rings. The Kier molecular flexibility index (Phi) is 6.50. The van der Waals surface area contributed by atoms with Crippen LogP contribution in [0, 0.1) is 13.8 Å². The minimum atomic E-state index is -0.229. The second-order valence-electron chi connectivity index (χ2n) is 9.76. The van der Waals surface area contributed by atoms with Gasteiger partial charge >= 0.3 is 0 Å². The van der Waals surface area contributed by atoms with Crippen molar-refractivity contribution in [3.8, 4) is 0 Å². The number of carbonyl (C=O) groups excluding carboxylic acids is 1. The summed E-state index contributed by atoms with van der Waals surface area (Å²) in [6.45, 7) is 6.10. The number of aromatic nitrogens is 3. The fourth-order valence-electron chi connectivity index (χ4n) is 4.63. The number of pyridine rings is 3. The Hall–Kier alpha value is -4.98. The lowest BCUT2D eigenvalue weighted by Crippen LogP contribution is -2.36. The Balaban J connectivity index is 1.17. The summed E-state index contributed by atoms with van der Waals surface area (Å²) in [6.07, 6.45) is 4.67. The summed E-state index contributed by atoms with van der Waals surface area (Å²) in [5, 5.41) is 10.8. The van der Waals surface area contributed by atoms with E-state index in [0.29, 0.717) is 11.4 Å². The standard InChI is InChI=1S/C31H29N7O/c1-20-15-24(11-12-32-20)35-25-7-10-30(33-19-25)37-31(39)22-5-3-6-23(17-22)36-29-16-21(2)34-28-9-8-26(18-27(28)29)38-13-4-14-38/h3,5-12,15-19H,4,13-14H2,1-2H3,(H,32,35)(H,34,36)(H,33,37,39). The maximum Gasteiger partial charge on any atom is 0.256 e. The van der Waals surface area contributed by atoms with Crippen LogP contribution in [0.4, 0.5) is 34.3 Å². The number of hydrogen-bond acceptors (Lipinski definition) is 7. The molecule has 8 nitrogen and oxygen atoms in total. The van der Waals surface area contributed by atoms with Crippen molar-refractivity contribution < 1.29 is 4.79 Å². The highest BCUT2D eigenvalue weighted by Gasteiger charge is 2.16. The van der Waals surface area contributed by atoms with Crippen molar-refractivity contribution >= 4 is 51.1 Å². The average Bonchev–Trinajstić information content (AvgIpc) is 2.89. The number of amides is 1. The molecule has 1 aliphatic rings. The van der Waals surface area contributed by atoms with Gasteiger partial charge in [0.15, 0.2) is 0 Å². The number of carbonyl (C=O) groups is 1. The van der Waals surface area contributed by atoms with Crippen LogP contribution in [-0.4, -0.2) is 33.9 Å². The highest BCUT2D eigenvalue weighted by Crippen LogP contribution is 2.31. The van der Waals surface area contributed by atoms with Crippen LogP contribution in [0.5, 0.6) is 0 Å². The van der Waals surface area contributed by atoms with Gasteiger partial charge in [0.25, 0.3) is 5.91 Å². The summed E-state index contributed by atoms with van der Waals surface area (Å²) in [5.41, 5.74) is 8.08. The van der Waals surface area contributed by atoms with Gasteiger partial charge in [-0.15, -0.1) is 0 Å². The summed E-state index contributed by atoms with van der Waals surface area (Å²) >= 11 is 0. The first kappa shape index (κ1) is 24.4. The molecule has 0 spiro atoms. The van der Waals surface area contributed by atoms with E-state index in [1.165, 1.54) is 12.1 Å². The molecule has 0 aliphatic carbocycles. The van der Waals surface area contributed by atoms with E-state index in [1.807, 2.05) is 56.3 Å². The molecule has 0 radical (unpaired) electrons. The van der Waals surface area contributed by atoms with Gasteiger partial charge in [0.1, 0.15) is 5.82 Å². The minimum absolute atomic E-state index is 0.229. The van der Waals surface area contributed by atoms with Gasteiger partial charge in [-0.1, -0.05) is 6.07 Å². The van der Waals surface area contributed by atoms with Crippen LogP contribution in [0.3, 0.4) is 0 Å². The van der Waals surface area contributed by atoms with Gasteiger partial charge in [0, 0.05) is 64.4 Å². The van der Waals surface area contributed by atoms with Crippen LogP contribution in [0.1, 0.15) is 28.2 Å². The molecule has 0 bridgehead atoms. The highest BCUT2D eigenvalue weighted by atomic mass is 16.1. The third-order valence-electron chi connectivity index (χ3n) is 6.74. The molecule has 194 valence electrons. The van der Waals surface area contributed by atoms with E-state index in [1.54, 1.807) is 24.5 Å². The molecule has 3 aromatic heterocycles. The number of benzene rings is 2. The van der Waals surface area contributed by atoms with Gasteiger partial charge in [-0.3, -0.25) is 14.8 Å². The lowest BCUT2D eigenvalue weighted by molar-refractivity contribution is 0.102. The third-order valence-corrected chi connectivity index (χ3v) is 6.74. The normalized spacial score (nSPS) is 12.6. The molecule has 1 saturated heterocycles. The number of hydrogen-bond donors (Lipinski definition) is 3. The van der Waals surface area contributed by atoms with E-state index in [4.69, 9.17) is 4.98 Å². The topological polar surface area (TPSA) is 95.1 Å². The molecule has 8 heteroatoms.